The molecule has 1 heterocycles. The summed E-state index contributed by atoms with van der Waals surface area (Å²) in [5.74, 6) is -0.628. The van der Waals surface area contributed by atoms with E-state index in [2.05, 4.69) is 10.3 Å². The van der Waals surface area contributed by atoms with Gasteiger partial charge in [0.2, 0.25) is 0 Å². The van der Waals surface area contributed by atoms with Crippen molar-refractivity contribution in [1.82, 2.24) is 4.98 Å². The number of carboxylic acid groups (broad SMARTS) is 1. The van der Waals surface area contributed by atoms with Crippen molar-refractivity contribution in [2.75, 3.05) is 5.32 Å². The van der Waals surface area contributed by atoms with E-state index in [1.807, 2.05) is 0 Å². The first-order valence-electron chi connectivity index (χ1n) is 5.95. The molecule has 0 aliphatic rings. The zero-order valence-electron chi connectivity index (χ0n) is 10.7. The van der Waals surface area contributed by atoms with Gasteiger partial charge in [-0.25, -0.2) is 9.78 Å². The van der Waals surface area contributed by atoms with Gasteiger partial charge in [-0.1, -0.05) is 12.1 Å². The van der Waals surface area contributed by atoms with Gasteiger partial charge in [-0.15, -0.1) is 0 Å². The molecule has 0 fully saturated rings. The second-order valence-corrected chi connectivity index (χ2v) is 4.29. The number of carboxylic acids is 1. The molecule has 0 aliphatic heterocycles. The molecule has 0 unspecified atom stereocenters. The first kappa shape index (κ1) is 14.8. The Labute approximate surface area is 118 Å². The maximum atomic E-state index is 12.4. The van der Waals surface area contributed by atoms with E-state index >= 15 is 0 Å². The Bertz CT molecular complexity index is 622. The monoisotopic (exact) mass is 296 g/mol. The van der Waals surface area contributed by atoms with Crippen molar-refractivity contribution in [3.8, 4) is 0 Å². The van der Waals surface area contributed by atoms with Crippen molar-refractivity contribution in [2.24, 2.45) is 0 Å². The fraction of sp³-hybridized carbons (Fsp3) is 0.143. The van der Waals surface area contributed by atoms with E-state index in [0.717, 1.165) is 12.1 Å². The summed E-state index contributed by atoms with van der Waals surface area (Å²) in [7, 11) is 0. The summed E-state index contributed by atoms with van der Waals surface area (Å²) >= 11 is 0. The number of hydrogen-bond donors (Lipinski definition) is 2. The highest BCUT2D eigenvalue weighted by molar-refractivity contribution is 5.87. The highest BCUT2D eigenvalue weighted by Crippen LogP contribution is 2.29. The third-order valence-electron chi connectivity index (χ3n) is 2.77. The molecule has 0 spiro atoms. The van der Waals surface area contributed by atoms with Crippen molar-refractivity contribution in [3.05, 3.63) is 59.3 Å². The second-order valence-electron chi connectivity index (χ2n) is 4.29. The number of nitrogens with one attached hydrogen (secondary N) is 1. The molecule has 0 atom stereocenters. The summed E-state index contributed by atoms with van der Waals surface area (Å²) in [6.45, 7) is 0.289. The first-order valence-corrected chi connectivity index (χ1v) is 5.95. The SMILES string of the molecule is O=C(O)c1ccc(NCc2ccc(C(F)(F)F)cc2)nc1. The number of anilines is 1. The normalized spacial score (nSPS) is 11.2. The summed E-state index contributed by atoms with van der Waals surface area (Å²) < 4.78 is 37.2. The first-order chi connectivity index (χ1) is 9.86. The average Bonchev–Trinajstić information content (AvgIpc) is 2.45. The zero-order valence-corrected chi connectivity index (χ0v) is 10.7. The van der Waals surface area contributed by atoms with E-state index in [-0.39, 0.29) is 12.1 Å². The lowest BCUT2D eigenvalue weighted by Gasteiger charge is -2.09. The van der Waals surface area contributed by atoms with Crippen LogP contribution in [-0.4, -0.2) is 16.1 Å². The smallest absolute Gasteiger partial charge is 0.416 e. The van der Waals surface area contributed by atoms with E-state index in [0.29, 0.717) is 11.4 Å². The lowest BCUT2D eigenvalue weighted by Crippen LogP contribution is -2.06. The molecule has 0 amide bonds. The number of aromatic nitrogens is 1. The fourth-order valence-electron chi connectivity index (χ4n) is 1.63. The van der Waals surface area contributed by atoms with Crippen LogP contribution in [0.3, 0.4) is 0 Å². The molecule has 2 aromatic rings. The molecular formula is C14H11F3N2O2. The van der Waals surface area contributed by atoms with Crippen LogP contribution in [0.1, 0.15) is 21.5 Å². The van der Waals surface area contributed by atoms with Gasteiger partial charge in [-0.05, 0) is 29.8 Å². The summed E-state index contributed by atoms with van der Waals surface area (Å²) in [6, 6.07) is 7.66. The molecule has 2 rings (SSSR count). The van der Waals surface area contributed by atoms with E-state index in [1.165, 1.54) is 30.5 Å². The Morgan fingerprint density at radius 2 is 1.81 bits per heavy atom. The van der Waals surface area contributed by atoms with Crippen molar-refractivity contribution in [1.29, 1.82) is 0 Å². The van der Waals surface area contributed by atoms with Crippen LogP contribution < -0.4 is 5.32 Å². The molecule has 2 N–H and O–H groups in total. The highest BCUT2D eigenvalue weighted by atomic mass is 19.4. The number of aromatic carboxylic acids is 1. The summed E-state index contributed by atoms with van der Waals surface area (Å²) in [6.07, 6.45) is -3.14. The minimum Gasteiger partial charge on any atom is -0.478 e. The molecule has 1 aromatic carbocycles. The van der Waals surface area contributed by atoms with Gasteiger partial charge >= 0.3 is 12.1 Å². The van der Waals surface area contributed by atoms with Crippen LogP contribution in [0.2, 0.25) is 0 Å². The molecule has 7 heteroatoms. The molecule has 0 radical (unpaired) electrons. The maximum absolute atomic E-state index is 12.4. The number of halogens is 3. The van der Waals surface area contributed by atoms with E-state index in [1.54, 1.807) is 0 Å². The van der Waals surface area contributed by atoms with Gasteiger partial charge in [0.1, 0.15) is 5.82 Å². The Kier molecular flexibility index (Phi) is 4.11. The highest BCUT2D eigenvalue weighted by Gasteiger charge is 2.29. The number of pyridine rings is 1. The largest absolute Gasteiger partial charge is 0.478 e. The lowest BCUT2D eigenvalue weighted by atomic mass is 10.1. The molecule has 21 heavy (non-hydrogen) atoms. The molecule has 0 saturated heterocycles. The Morgan fingerprint density at radius 3 is 2.29 bits per heavy atom. The minimum atomic E-state index is -4.35. The standard InChI is InChI=1S/C14H11F3N2O2/c15-14(16,17)11-4-1-9(2-5-11)7-18-12-6-3-10(8-19-12)13(20)21/h1-6,8H,7H2,(H,18,19)(H,20,21). The van der Waals surface area contributed by atoms with Gasteiger partial charge in [-0.3, -0.25) is 0 Å². The fourth-order valence-corrected chi connectivity index (χ4v) is 1.63. The van der Waals surface area contributed by atoms with Crippen molar-refractivity contribution < 1.29 is 23.1 Å². The number of nitrogens with zero attached hydrogens (tertiary/aromatic N) is 1. The van der Waals surface area contributed by atoms with Crippen LogP contribution in [0.4, 0.5) is 19.0 Å². The molecule has 110 valence electrons. The predicted molar refractivity (Wildman–Crippen MR) is 70.0 cm³/mol. The van der Waals surface area contributed by atoms with Crippen molar-refractivity contribution in [3.63, 3.8) is 0 Å². The van der Waals surface area contributed by atoms with Gasteiger partial charge < -0.3 is 10.4 Å². The predicted octanol–water partition coefficient (Wildman–Crippen LogP) is 3.41. The number of rotatable bonds is 4. The Morgan fingerprint density at radius 1 is 1.14 bits per heavy atom. The second kappa shape index (κ2) is 5.82. The van der Waals surface area contributed by atoms with Crippen molar-refractivity contribution in [2.45, 2.75) is 12.7 Å². The number of alkyl halides is 3. The van der Waals surface area contributed by atoms with Crippen LogP contribution in [0, 0.1) is 0 Å². The summed E-state index contributed by atoms with van der Waals surface area (Å²) in [5, 5.41) is 11.6. The van der Waals surface area contributed by atoms with Crippen LogP contribution in [-0.2, 0) is 12.7 Å². The summed E-state index contributed by atoms with van der Waals surface area (Å²) in [5.41, 5.74) is 0.0253. The van der Waals surface area contributed by atoms with Gasteiger partial charge in [0.25, 0.3) is 0 Å². The van der Waals surface area contributed by atoms with E-state index in [4.69, 9.17) is 5.11 Å². The van der Waals surface area contributed by atoms with Gasteiger partial charge in [0, 0.05) is 12.7 Å². The number of carbonyl (C=O) groups is 1. The van der Waals surface area contributed by atoms with Crippen LogP contribution in [0.15, 0.2) is 42.6 Å². The van der Waals surface area contributed by atoms with Gasteiger partial charge in [0.15, 0.2) is 0 Å². The Balaban J connectivity index is 1.98. The quantitative estimate of drug-likeness (QED) is 0.907. The topological polar surface area (TPSA) is 62.2 Å². The van der Waals surface area contributed by atoms with E-state index < -0.39 is 17.7 Å². The maximum Gasteiger partial charge on any atom is 0.416 e. The van der Waals surface area contributed by atoms with Crippen LogP contribution in [0.5, 0.6) is 0 Å². The third-order valence-corrected chi connectivity index (χ3v) is 2.77. The Hall–Kier alpha value is -2.57. The van der Waals surface area contributed by atoms with Gasteiger partial charge in [-0.2, -0.15) is 13.2 Å². The van der Waals surface area contributed by atoms with Crippen molar-refractivity contribution >= 4 is 11.8 Å². The molecule has 0 aliphatic carbocycles. The molecule has 4 nitrogen and oxygen atoms in total. The summed E-state index contributed by atoms with van der Waals surface area (Å²) in [4.78, 5) is 14.6. The third kappa shape index (κ3) is 3.95. The van der Waals surface area contributed by atoms with Crippen LogP contribution in [0.25, 0.3) is 0 Å². The molecule has 0 saturated carbocycles. The molecule has 1 aromatic heterocycles. The average molecular weight is 296 g/mol. The minimum absolute atomic E-state index is 0.0649. The van der Waals surface area contributed by atoms with E-state index in [9.17, 15) is 18.0 Å². The lowest BCUT2D eigenvalue weighted by molar-refractivity contribution is -0.137. The molecule has 0 bridgehead atoms. The zero-order chi connectivity index (χ0) is 15.5. The number of hydrogen-bond acceptors (Lipinski definition) is 3. The van der Waals surface area contributed by atoms with Gasteiger partial charge in [0.05, 0.1) is 11.1 Å². The molecular weight excluding hydrogens is 285 g/mol. The number of benzene rings is 1. The van der Waals surface area contributed by atoms with Crippen LogP contribution >= 0.6 is 0 Å².